The number of anilines is 1. The summed E-state index contributed by atoms with van der Waals surface area (Å²) in [6.45, 7) is 0.0834. The SMILES string of the molecule is O=C(O)C1CN(c2ccccc2Cl)C(=O)CN1. The number of carbonyl (C=O) groups is 2. The molecule has 5 nitrogen and oxygen atoms in total. The van der Waals surface area contributed by atoms with Crippen LogP contribution in [0.15, 0.2) is 24.3 Å². The second-order valence-electron chi connectivity index (χ2n) is 3.73. The lowest BCUT2D eigenvalue weighted by atomic mass is 10.1. The minimum atomic E-state index is -0.977. The molecule has 17 heavy (non-hydrogen) atoms. The molecule has 90 valence electrons. The summed E-state index contributed by atoms with van der Waals surface area (Å²) in [5, 5.41) is 12.0. The van der Waals surface area contributed by atoms with E-state index in [0.717, 1.165) is 0 Å². The van der Waals surface area contributed by atoms with E-state index in [2.05, 4.69) is 5.32 Å². The summed E-state index contributed by atoms with van der Waals surface area (Å²) in [5.41, 5.74) is 0.548. The van der Waals surface area contributed by atoms with Crippen LogP contribution >= 0.6 is 11.6 Å². The van der Waals surface area contributed by atoms with Gasteiger partial charge in [0.25, 0.3) is 0 Å². The zero-order chi connectivity index (χ0) is 12.4. The van der Waals surface area contributed by atoms with Crippen molar-refractivity contribution >= 4 is 29.2 Å². The Hall–Kier alpha value is -1.59. The van der Waals surface area contributed by atoms with Crippen LogP contribution < -0.4 is 10.2 Å². The van der Waals surface area contributed by atoms with Crippen molar-refractivity contribution in [2.45, 2.75) is 6.04 Å². The average Bonchev–Trinajstić information content (AvgIpc) is 2.30. The van der Waals surface area contributed by atoms with E-state index in [0.29, 0.717) is 10.7 Å². The van der Waals surface area contributed by atoms with Crippen molar-refractivity contribution in [1.29, 1.82) is 0 Å². The van der Waals surface area contributed by atoms with E-state index in [-0.39, 0.29) is 19.0 Å². The minimum Gasteiger partial charge on any atom is -0.480 e. The molecule has 0 radical (unpaired) electrons. The van der Waals surface area contributed by atoms with E-state index < -0.39 is 12.0 Å². The van der Waals surface area contributed by atoms with Crippen LogP contribution in [-0.4, -0.2) is 36.1 Å². The highest BCUT2D eigenvalue weighted by Gasteiger charge is 2.31. The molecule has 0 saturated carbocycles. The van der Waals surface area contributed by atoms with E-state index >= 15 is 0 Å². The molecule has 2 N–H and O–H groups in total. The first-order chi connectivity index (χ1) is 8.09. The van der Waals surface area contributed by atoms with E-state index in [1.807, 2.05) is 0 Å². The Morgan fingerprint density at radius 2 is 2.18 bits per heavy atom. The number of carboxylic acid groups (broad SMARTS) is 1. The quantitative estimate of drug-likeness (QED) is 0.816. The molecule has 1 saturated heterocycles. The molecule has 1 aliphatic rings. The van der Waals surface area contributed by atoms with Gasteiger partial charge >= 0.3 is 5.97 Å². The van der Waals surface area contributed by atoms with Crippen molar-refractivity contribution < 1.29 is 14.7 Å². The lowest BCUT2D eigenvalue weighted by Gasteiger charge is -2.31. The van der Waals surface area contributed by atoms with Crippen molar-refractivity contribution in [3.63, 3.8) is 0 Å². The smallest absolute Gasteiger partial charge is 0.322 e. The second-order valence-corrected chi connectivity index (χ2v) is 4.13. The fourth-order valence-corrected chi connectivity index (χ4v) is 1.96. The summed E-state index contributed by atoms with van der Waals surface area (Å²) >= 11 is 5.99. The number of hydrogen-bond donors (Lipinski definition) is 2. The molecule has 1 unspecified atom stereocenters. The van der Waals surface area contributed by atoms with Gasteiger partial charge in [0, 0.05) is 0 Å². The second kappa shape index (κ2) is 4.73. The number of para-hydroxylation sites is 1. The summed E-state index contributed by atoms with van der Waals surface area (Å²) in [7, 11) is 0. The zero-order valence-electron chi connectivity index (χ0n) is 8.89. The Morgan fingerprint density at radius 3 is 2.82 bits per heavy atom. The van der Waals surface area contributed by atoms with Gasteiger partial charge in [-0.25, -0.2) is 0 Å². The van der Waals surface area contributed by atoms with E-state index in [9.17, 15) is 9.59 Å². The number of carboxylic acids is 1. The largest absolute Gasteiger partial charge is 0.480 e. The lowest BCUT2D eigenvalue weighted by Crippen LogP contribution is -2.57. The first-order valence-electron chi connectivity index (χ1n) is 5.10. The van der Waals surface area contributed by atoms with Crippen molar-refractivity contribution in [2.24, 2.45) is 0 Å². The van der Waals surface area contributed by atoms with Gasteiger partial charge in [-0.1, -0.05) is 23.7 Å². The van der Waals surface area contributed by atoms with E-state index in [1.54, 1.807) is 24.3 Å². The normalized spacial score (nSPS) is 20.4. The van der Waals surface area contributed by atoms with Crippen LogP contribution in [0, 0.1) is 0 Å². The van der Waals surface area contributed by atoms with Gasteiger partial charge in [-0.3, -0.25) is 14.9 Å². The summed E-state index contributed by atoms with van der Waals surface area (Å²) in [4.78, 5) is 24.0. The number of amides is 1. The van der Waals surface area contributed by atoms with Crippen molar-refractivity contribution in [3.8, 4) is 0 Å². The van der Waals surface area contributed by atoms with Gasteiger partial charge in [-0.15, -0.1) is 0 Å². The average molecular weight is 255 g/mol. The van der Waals surface area contributed by atoms with Gasteiger partial charge in [0.15, 0.2) is 0 Å². The van der Waals surface area contributed by atoms with Crippen LogP contribution in [-0.2, 0) is 9.59 Å². The van der Waals surface area contributed by atoms with Crippen LogP contribution in [0.3, 0.4) is 0 Å². The Kier molecular flexibility index (Phi) is 3.31. The first kappa shape index (κ1) is 11.9. The highest BCUT2D eigenvalue weighted by atomic mass is 35.5. The molecule has 1 aliphatic heterocycles. The van der Waals surface area contributed by atoms with Gasteiger partial charge in [0.1, 0.15) is 6.04 Å². The van der Waals surface area contributed by atoms with Crippen LogP contribution in [0.2, 0.25) is 5.02 Å². The van der Waals surface area contributed by atoms with Gasteiger partial charge in [0.2, 0.25) is 5.91 Å². The Balaban J connectivity index is 2.27. The summed E-state index contributed by atoms with van der Waals surface area (Å²) < 4.78 is 0. The number of benzene rings is 1. The van der Waals surface area contributed by atoms with Crippen LogP contribution in [0.5, 0.6) is 0 Å². The third kappa shape index (κ3) is 2.40. The number of rotatable bonds is 2. The number of nitrogens with zero attached hydrogens (tertiary/aromatic N) is 1. The third-order valence-electron chi connectivity index (χ3n) is 2.61. The third-order valence-corrected chi connectivity index (χ3v) is 2.93. The summed E-state index contributed by atoms with van der Waals surface area (Å²) in [5.74, 6) is -1.16. The monoisotopic (exact) mass is 254 g/mol. The van der Waals surface area contributed by atoms with Gasteiger partial charge < -0.3 is 10.0 Å². The zero-order valence-corrected chi connectivity index (χ0v) is 9.65. The first-order valence-corrected chi connectivity index (χ1v) is 5.48. The lowest BCUT2D eigenvalue weighted by molar-refractivity contribution is -0.139. The Bertz CT molecular complexity index is 464. The van der Waals surface area contributed by atoms with Gasteiger partial charge in [-0.05, 0) is 12.1 Å². The van der Waals surface area contributed by atoms with Crippen LogP contribution in [0.4, 0.5) is 5.69 Å². The maximum Gasteiger partial charge on any atom is 0.322 e. The topological polar surface area (TPSA) is 69.6 Å². The predicted octanol–water partition coefficient (Wildman–Crippen LogP) is 0.729. The number of piperazine rings is 1. The van der Waals surface area contributed by atoms with Gasteiger partial charge in [-0.2, -0.15) is 0 Å². The Morgan fingerprint density at radius 1 is 1.47 bits per heavy atom. The maximum atomic E-state index is 11.7. The molecule has 2 rings (SSSR count). The van der Waals surface area contributed by atoms with Crippen molar-refractivity contribution in [2.75, 3.05) is 18.0 Å². The van der Waals surface area contributed by atoms with E-state index in [4.69, 9.17) is 16.7 Å². The standard InChI is InChI=1S/C11H11ClN2O3/c12-7-3-1-2-4-9(7)14-6-8(11(16)17)13-5-10(14)15/h1-4,8,13H,5-6H2,(H,16,17). The highest BCUT2D eigenvalue weighted by molar-refractivity contribution is 6.33. The molecule has 6 heteroatoms. The summed E-state index contributed by atoms with van der Waals surface area (Å²) in [6.07, 6.45) is 0. The molecule has 0 aromatic heterocycles. The molecule has 1 atom stereocenters. The maximum absolute atomic E-state index is 11.7. The molecule has 1 fully saturated rings. The Labute approximate surface area is 103 Å². The molecule has 1 aromatic carbocycles. The molecule has 0 bridgehead atoms. The number of hydrogen-bond acceptors (Lipinski definition) is 3. The molecule has 1 heterocycles. The van der Waals surface area contributed by atoms with Crippen LogP contribution in [0.25, 0.3) is 0 Å². The minimum absolute atomic E-state index is 0.00217. The molecule has 1 aromatic rings. The number of nitrogens with one attached hydrogen (secondary N) is 1. The molecular weight excluding hydrogens is 244 g/mol. The number of halogens is 1. The molecule has 0 aliphatic carbocycles. The fraction of sp³-hybridized carbons (Fsp3) is 0.273. The van der Waals surface area contributed by atoms with Crippen molar-refractivity contribution in [3.05, 3.63) is 29.3 Å². The van der Waals surface area contributed by atoms with Crippen LogP contribution in [0.1, 0.15) is 0 Å². The van der Waals surface area contributed by atoms with E-state index in [1.165, 1.54) is 4.90 Å². The molecule has 0 spiro atoms. The number of aliphatic carboxylic acids is 1. The molecule has 1 amide bonds. The van der Waals surface area contributed by atoms with Crippen molar-refractivity contribution in [1.82, 2.24) is 5.32 Å². The molecular formula is C11H11ClN2O3. The predicted molar refractivity (Wildman–Crippen MR) is 63.2 cm³/mol. The summed E-state index contributed by atoms with van der Waals surface area (Å²) in [6, 6.07) is 6.12. The van der Waals surface area contributed by atoms with Gasteiger partial charge in [0.05, 0.1) is 23.8 Å². The number of carbonyl (C=O) groups excluding carboxylic acids is 1. The fourth-order valence-electron chi connectivity index (χ4n) is 1.72. The highest BCUT2D eigenvalue weighted by Crippen LogP contribution is 2.26.